The number of ether oxygens (including phenoxy) is 4. The second kappa shape index (κ2) is 11.9. The maximum Gasteiger partial charge on any atom is 0.251 e. The predicted molar refractivity (Wildman–Crippen MR) is 108 cm³/mol. The normalized spacial score (nSPS) is 19.5. The van der Waals surface area contributed by atoms with Crippen LogP contribution in [0.2, 0.25) is 0 Å². The lowest BCUT2D eigenvalue weighted by atomic mass is 9.98. The average Bonchev–Trinajstić information content (AvgIpc) is 2.71. The molecule has 7 nitrogen and oxygen atoms in total. The molecule has 2 rings (SSSR count). The fourth-order valence-electron chi connectivity index (χ4n) is 3.05. The van der Waals surface area contributed by atoms with Gasteiger partial charge in [0.25, 0.3) is 5.91 Å². The van der Waals surface area contributed by atoms with E-state index in [-0.39, 0.29) is 18.9 Å². The van der Waals surface area contributed by atoms with Crippen molar-refractivity contribution in [2.45, 2.75) is 38.8 Å². The third-order valence-corrected chi connectivity index (χ3v) is 4.83. The molecule has 2 atom stereocenters. The second-order valence-corrected chi connectivity index (χ2v) is 7.31. The number of carbonyl (C=O) groups excluding carboxylic acids is 1. The topological polar surface area (TPSA) is 69.3 Å². The van der Waals surface area contributed by atoms with Gasteiger partial charge in [0.05, 0.1) is 13.7 Å². The molecule has 28 heavy (non-hydrogen) atoms. The van der Waals surface area contributed by atoms with E-state index in [1.807, 2.05) is 14.1 Å². The first-order valence-corrected chi connectivity index (χ1v) is 9.99. The zero-order valence-corrected chi connectivity index (χ0v) is 17.5. The Morgan fingerprint density at radius 1 is 1.29 bits per heavy atom. The van der Waals surface area contributed by atoms with Crippen LogP contribution >= 0.6 is 0 Å². The van der Waals surface area contributed by atoms with Gasteiger partial charge in [-0.1, -0.05) is 13.3 Å². The fourth-order valence-corrected chi connectivity index (χ4v) is 3.05. The maximum atomic E-state index is 12.6. The van der Waals surface area contributed by atoms with E-state index in [1.165, 1.54) is 0 Å². The van der Waals surface area contributed by atoms with Crippen LogP contribution in [0.1, 0.15) is 43.0 Å². The first-order chi connectivity index (χ1) is 13.5. The van der Waals surface area contributed by atoms with E-state index in [4.69, 9.17) is 18.9 Å². The van der Waals surface area contributed by atoms with Gasteiger partial charge >= 0.3 is 0 Å². The summed E-state index contributed by atoms with van der Waals surface area (Å²) >= 11 is 0. The van der Waals surface area contributed by atoms with E-state index >= 15 is 0 Å². The van der Waals surface area contributed by atoms with Gasteiger partial charge in [-0.15, -0.1) is 0 Å². The third-order valence-electron chi connectivity index (χ3n) is 4.83. The largest absolute Gasteiger partial charge is 0.497 e. The van der Waals surface area contributed by atoms with Crippen molar-refractivity contribution < 1.29 is 23.7 Å². The van der Waals surface area contributed by atoms with Gasteiger partial charge in [0.1, 0.15) is 17.7 Å². The highest BCUT2D eigenvalue weighted by Gasteiger charge is 2.24. The summed E-state index contributed by atoms with van der Waals surface area (Å²) in [6.45, 7) is 4.27. The van der Waals surface area contributed by atoms with Crippen LogP contribution in [0.25, 0.3) is 0 Å². The first-order valence-electron chi connectivity index (χ1n) is 9.99. The Morgan fingerprint density at radius 3 is 2.79 bits per heavy atom. The molecule has 7 heteroatoms. The highest BCUT2D eigenvalue weighted by Crippen LogP contribution is 2.24. The minimum absolute atomic E-state index is 0.111. The summed E-state index contributed by atoms with van der Waals surface area (Å²) in [6, 6.07) is 5.18. The summed E-state index contributed by atoms with van der Waals surface area (Å²) in [5, 5.41) is 3.04. The molecule has 158 valence electrons. The molecule has 1 heterocycles. The molecular weight excluding hydrogens is 360 g/mol. The van der Waals surface area contributed by atoms with Gasteiger partial charge in [0, 0.05) is 24.8 Å². The monoisotopic (exact) mass is 394 g/mol. The van der Waals surface area contributed by atoms with Crippen LogP contribution in [0.5, 0.6) is 11.5 Å². The lowest BCUT2D eigenvalue weighted by molar-refractivity contribution is -0.0821. The van der Waals surface area contributed by atoms with Gasteiger partial charge in [0.15, 0.2) is 6.79 Å². The van der Waals surface area contributed by atoms with Crippen LogP contribution in [-0.2, 0) is 9.47 Å². The zero-order chi connectivity index (χ0) is 20.4. The summed E-state index contributed by atoms with van der Waals surface area (Å²) in [5.74, 6) is 1.40. The van der Waals surface area contributed by atoms with Gasteiger partial charge in [-0.25, -0.2) is 0 Å². The van der Waals surface area contributed by atoms with Gasteiger partial charge in [-0.2, -0.15) is 0 Å². The van der Waals surface area contributed by atoms with Gasteiger partial charge in [-0.05, 0) is 51.4 Å². The molecule has 0 bridgehead atoms. The van der Waals surface area contributed by atoms with Crippen LogP contribution in [0.3, 0.4) is 0 Å². The number of nitrogens with one attached hydrogen (secondary N) is 1. The van der Waals surface area contributed by atoms with Crippen molar-refractivity contribution in [3.05, 3.63) is 23.8 Å². The number of rotatable bonds is 11. The van der Waals surface area contributed by atoms with Crippen molar-refractivity contribution in [3.63, 3.8) is 0 Å². The van der Waals surface area contributed by atoms with Crippen LogP contribution in [0.15, 0.2) is 18.2 Å². The maximum absolute atomic E-state index is 12.6. The van der Waals surface area contributed by atoms with E-state index in [1.54, 1.807) is 25.3 Å². The summed E-state index contributed by atoms with van der Waals surface area (Å²) < 4.78 is 22.1. The Morgan fingerprint density at radius 2 is 2.07 bits per heavy atom. The number of unbranched alkanes of at least 4 members (excludes halogenated alkanes) is 1. The Bertz CT molecular complexity index is 608. The number of carbonyl (C=O) groups is 1. The van der Waals surface area contributed by atoms with Crippen molar-refractivity contribution in [2.24, 2.45) is 5.92 Å². The molecule has 0 saturated carbocycles. The van der Waals surface area contributed by atoms with Crippen LogP contribution in [0, 0.1) is 5.92 Å². The molecular formula is C21H34N2O5. The molecule has 1 aromatic carbocycles. The highest BCUT2D eigenvalue weighted by molar-refractivity contribution is 5.95. The molecule has 1 aliphatic rings. The van der Waals surface area contributed by atoms with E-state index < -0.39 is 0 Å². The van der Waals surface area contributed by atoms with Crippen molar-refractivity contribution >= 4 is 5.91 Å². The molecule has 1 saturated heterocycles. The minimum Gasteiger partial charge on any atom is -0.497 e. The van der Waals surface area contributed by atoms with E-state index in [0.29, 0.717) is 36.1 Å². The van der Waals surface area contributed by atoms with Gasteiger partial charge < -0.3 is 24.3 Å². The summed E-state index contributed by atoms with van der Waals surface area (Å²) in [6.07, 6.45) is 4.04. The minimum atomic E-state index is -0.136. The number of benzene rings is 1. The van der Waals surface area contributed by atoms with E-state index in [2.05, 4.69) is 17.1 Å². The fraction of sp³-hybridized carbons (Fsp3) is 0.667. The summed E-state index contributed by atoms with van der Waals surface area (Å²) in [4.78, 5) is 14.7. The molecule has 0 aromatic heterocycles. The number of nitrogens with zero attached hydrogens (tertiary/aromatic N) is 1. The Hall–Kier alpha value is -1.83. The first kappa shape index (κ1) is 22.5. The summed E-state index contributed by atoms with van der Waals surface area (Å²) in [5.41, 5.74) is 0.513. The van der Waals surface area contributed by atoms with Crippen LogP contribution in [0.4, 0.5) is 0 Å². The Kier molecular flexibility index (Phi) is 9.54. The molecule has 0 aliphatic carbocycles. The molecule has 0 spiro atoms. The predicted octanol–water partition coefficient (Wildman–Crippen LogP) is 2.89. The van der Waals surface area contributed by atoms with E-state index in [0.717, 1.165) is 32.3 Å². The quantitative estimate of drug-likeness (QED) is 0.460. The molecule has 0 radical (unpaired) electrons. The van der Waals surface area contributed by atoms with Gasteiger partial charge in [-0.3, -0.25) is 9.69 Å². The summed E-state index contributed by atoms with van der Waals surface area (Å²) in [7, 11) is 5.59. The number of hydrogen-bond acceptors (Lipinski definition) is 6. The third kappa shape index (κ3) is 7.30. The standard InChI is InChI=1S/C21H34N2O5/c1-5-6-8-26-15-28-19-12-17(11-18(13-19)25-4)21(24)22-14-16-7-9-27-20(10-16)23(2)3/h11-13,16,20H,5-10,14-15H2,1-4H3,(H,22,24). The number of amides is 1. The lowest BCUT2D eigenvalue weighted by Crippen LogP contribution is -2.40. The van der Waals surface area contributed by atoms with Gasteiger partial charge in [0.2, 0.25) is 0 Å². The Balaban J connectivity index is 1.89. The number of hydrogen-bond donors (Lipinski definition) is 1. The zero-order valence-electron chi connectivity index (χ0n) is 17.5. The van der Waals surface area contributed by atoms with Crippen LogP contribution in [-0.4, -0.2) is 64.8 Å². The average molecular weight is 395 g/mol. The van der Waals surface area contributed by atoms with Crippen molar-refractivity contribution in [1.29, 1.82) is 0 Å². The molecule has 1 aromatic rings. The molecule has 2 unspecified atom stereocenters. The van der Waals surface area contributed by atoms with Crippen molar-refractivity contribution in [1.82, 2.24) is 10.2 Å². The highest BCUT2D eigenvalue weighted by atomic mass is 16.7. The number of methoxy groups -OCH3 is 1. The molecule has 1 fully saturated rings. The lowest BCUT2D eigenvalue weighted by Gasteiger charge is -2.33. The Labute approximate surface area is 168 Å². The smallest absolute Gasteiger partial charge is 0.251 e. The molecule has 1 aliphatic heterocycles. The van der Waals surface area contributed by atoms with E-state index in [9.17, 15) is 4.79 Å². The molecule has 1 amide bonds. The van der Waals surface area contributed by atoms with Crippen molar-refractivity contribution in [2.75, 3.05) is 47.8 Å². The van der Waals surface area contributed by atoms with Crippen LogP contribution < -0.4 is 14.8 Å². The second-order valence-electron chi connectivity index (χ2n) is 7.31. The van der Waals surface area contributed by atoms with Crippen molar-refractivity contribution in [3.8, 4) is 11.5 Å². The molecule has 1 N–H and O–H groups in total. The SMILES string of the molecule is CCCCOCOc1cc(OC)cc(C(=O)NCC2CCOC(N(C)C)C2)c1.